The minimum atomic E-state index is -0.271. The summed E-state index contributed by atoms with van der Waals surface area (Å²) in [7, 11) is 0. The molecule has 1 saturated heterocycles. The average molecular weight is 235 g/mol. The predicted molar refractivity (Wildman–Crippen MR) is 60.6 cm³/mol. The second-order valence-corrected chi connectivity index (χ2v) is 4.70. The van der Waals surface area contributed by atoms with E-state index in [1.54, 1.807) is 0 Å². The molecular weight excluding hydrogens is 218 g/mol. The van der Waals surface area contributed by atoms with Crippen molar-refractivity contribution in [2.75, 3.05) is 13.1 Å². The summed E-state index contributed by atoms with van der Waals surface area (Å²) in [6, 6.07) is 1.88. The quantitative estimate of drug-likeness (QED) is 0.671. The minimum Gasteiger partial charge on any atom is -0.302 e. The maximum atomic E-state index is 11.7. The summed E-state index contributed by atoms with van der Waals surface area (Å²) >= 11 is 0. The van der Waals surface area contributed by atoms with Crippen LogP contribution in [0.4, 0.5) is 0 Å². The van der Waals surface area contributed by atoms with Gasteiger partial charge in [0.2, 0.25) is 11.8 Å². The molecule has 1 N–H and O–H groups in total. The van der Waals surface area contributed by atoms with E-state index in [-0.39, 0.29) is 29.7 Å². The summed E-state index contributed by atoms with van der Waals surface area (Å²) < 4.78 is 0. The summed E-state index contributed by atoms with van der Waals surface area (Å²) in [5.41, 5.74) is 0. The van der Waals surface area contributed by atoms with Gasteiger partial charge in [0.05, 0.1) is 23.9 Å². The van der Waals surface area contributed by atoms with Crippen molar-refractivity contribution in [1.82, 2.24) is 10.2 Å². The van der Waals surface area contributed by atoms with Gasteiger partial charge in [0.1, 0.15) is 0 Å². The first-order chi connectivity index (χ1) is 8.19. The SMILES string of the molecule is CCCNC(C#N)CCN1C(=O)C2CC2C1=O. The van der Waals surface area contributed by atoms with Gasteiger partial charge in [-0.05, 0) is 25.8 Å². The molecule has 0 spiro atoms. The van der Waals surface area contributed by atoms with E-state index in [1.807, 2.05) is 6.92 Å². The van der Waals surface area contributed by atoms with Gasteiger partial charge in [0.15, 0.2) is 0 Å². The molecule has 1 saturated carbocycles. The number of hydrogen-bond donors (Lipinski definition) is 1. The summed E-state index contributed by atoms with van der Waals surface area (Å²) in [4.78, 5) is 24.7. The fourth-order valence-electron chi connectivity index (χ4n) is 2.26. The fraction of sp³-hybridized carbons (Fsp3) is 0.750. The predicted octanol–water partition coefficient (Wildman–Crippen LogP) is 0.273. The van der Waals surface area contributed by atoms with E-state index in [4.69, 9.17) is 5.26 Å². The number of hydrogen-bond acceptors (Lipinski definition) is 4. The summed E-state index contributed by atoms with van der Waals surface area (Å²) in [6.07, 6.45) is 2.22. The number of nitrogens with zero attached hydrogens (tertiary/aromatic N) is 2. The number of carbonyl (C=O) groups is 2. The molecule has 0 radical (unpaired) electrons. The number of nitriles is 1. The molecule has 3 atom stereocenters. The molecule has 0 aromatic heterocycles. The van der Waals surface area contributed by atoms with Crippen molar-refractivity contribution < 1.29 is 9.59 Å². The highest BCUT2D eigenvalue weighted by Gasteiger charge is 2.58. The standard InChI is InChI=1S/C12H17N3O2/c1-2-4-14-8(7-13)3-5-15-11(16)9-6-10(9)12(15)17/h8-10,14H,2-6H2,1H3. The van der Waals surface area contributed by atoms with Crippen LogP contribution in [0.1, 0.15) is 26.2 Å². The van der Waals surface area contributed by atoms with Crippen LogP contribution in [-0.4, -0.2) is 35.8 Å². The van der Waals surface area contributed by atoms with Crippen LogP contribution in [0, 0.1) is 23.2 Å². The van der Waals surface area contributed by atoms with Crippen molar-refractivity contribution in [2.24, 2.45) is 11.8 Å². The molecule has 2 aliphatic rings. The highest BCUT2D eigenvalue weighted by Crippen LogP contribution is 2.46. The molecule has 5 nitrogen and oxygen atoms in total. The number of imide groups is 1. The van der Waals surface area contributed by atoms with Crippen LogP contribution in [0.5, 0.6) is 0 Å². The van der Waals surface area contributed by atoms with E-state index in [2.05, 4.69) is 11.4 Å². The lowest BCUT2D eigenvalue weighted by Gasteiger charge is -2.18. The molecule has 2 fully saturated rings. The molecule has 2 rings (SSSR count). The lowest BCUT2D eigenvalue weighted by molar-refractivity contribution is -0.141. The third-order valence-corrected chi connectivity index (χ3v) is 3.39. The first-order valence-electron chi connectivity index (χ1n) is 6.17. The van der Waals surface area contributed by atoms with Gasteiger partial charge in [-0.25, -0.2) is 0 Å². The molecule has 0 aromatic rings. The number of nitrogens with one attached hydrogen (secondary N) is 1. The minimum absolute atomic E-state index is 0.0350. The van der Waals surface area contributed by atoms with Crippen LogP contribution >= 0.6 is 0 Å². The molecule has 3 unspecified atom stereocenters. The molecule has 5 heteroatoms. The molecule has 0 bridgehead atoms. The Balaban J connectivity index is 1.80. The van der Waals surface area contributed by atoms with Crippen LogP contribution in [0.3, 0.4) is 0 Å². The Hall–Kier alpha value is -1.41. The Bertz CT molecular complexity index is 354. The van der Waals surface area contributed by atoms with Crippen molar-refractivity contribution in [3.05, 3.63) is 0 Å². The Labute approximate surface area is 101 Å². The van der Waals surface area contributed by atoms with Gasteiger partial charge in [0, 0.05) is 6.54 Å². The van der Waals surface area contributed by atoms with Gasteiger partial charge in [-0.1, -0.05) is 6.92 Å². The van der Waals surface area contributed by atoms with E-state index in [1.165, 1.54) is 4.90 Å². The van der Waals surface area contributed by atoms with Gasteiger partial charge in [0.25, 0.3) is 0 Å². The van der Waals surface area contributed by atoms with Crippen molar-refractivity contribution >= 4 is 11.8 Å². The zero-order chi connectivity index (χ0) is 12.4. The van der Waals surface area contributed by atoms with Crippen LogP contribution in [0.25, 0.3) is 0 Å². The Morgan fingerprint density at radius 3 is 2.65 bits per heavy atom. The van der Waals surface area contributed by atoms with Gasteiger partial charge in [-0.15, -0.1) is 0 Å². The first kappa shape index (κ1) is 12.1. The number of likely N-dealkylation sites (tertiary alicyclic amines) is 1. The van der Waals surface area contributed by atoms with Crippen LogP contribution in [-0.2, 0) is 9.59 Å². The van der Waals surface area contributed by atoms with E-state index in [0.717, 1.165) is 19.4 Å². The second-order valence-electron chi connectivity index (χ2n) is 4.70. The highest BCUT2D eigenvalue weighted by molar-refractivity contribution is 6.08. The van der Waals surface area contributed by atoms with Crippen LogP contribution < -0.4 is 5.32 Å². The molecule has 1 heterocycles. The lowest BCUT2D eigenvalue weighted by Crippen LogP contribution is -2.38. The molecule has 92 valence electrons. The molecular formula is C12H17N3O2. The van der Waals surface area contributed by atoms with Gasteiger partial charge in [-0.2, -0.15) is 5.26 Å². The molecule has 1 aliphatic heterocycles. The average Bonchev–Trinajstić information content (AvgIpc) is 3.08. The van der Waals surface area contributed by atoms with Crippen LogP contribution in [0.2, 0.25) is 0 Å². The van der Waals surface area contributed by atoms with Crippen molar-refractivity contribution in [3.8, 4) is 6.07 Å². The summed E-state index contributed by atoms with van der Waals surface area (Å²) in [5, 5.41) is 12.0. The topological polar surface area (TPSA) is 73.2 Å². The number of amides is 2. The van der Waals surface area contributed by atoms with E-state index >= 15 is 0 Å². The summed E-state index contributed by atoms with van der Waals surface area (Å²) in [5.74, 6) is -0.141. The van der Waals surface area contributed by atoms with Gasteiger partial charge in [-0.3, -0.25) is 14.5 Å². The molecule has 17 heavy (non-hydrogen) atoms. The zero-order valence-electron chi connectivity index (χ0n) is 9.98. The second kappa shape index (κ2) is 4.84. The molecule has 1 aliphatic carbocycles. The Morgan fingerprint density at radius 2 is 2.12 bits per heavy atom. The first-order valence-corrected chi connectivity index (χ1v) is 6.17. The van der Waals surface area contributed by atoms with Crippen molar-refractivity contribution in [3.63, 3.8) is 0 Å². The fourth-order valence-corrected chi connectivity index (χ4v) is 2.26. The third-order valence-electron chi connectivity index (χ3n) is 3.39. The number of carbonyl (C=O) groups excluding carboxylic acids is 2. The molecule has 2 amide bonds. The normalized spacial score (nSPS) is 27.9. The Morgan fingerprint density at radius 1 is 1.47 bits per heavy atom. The zero-order valence-corrected chi connectivity index (χ0v) is 9.98. The van der Waals surface area contributed by atoms with E-state index in [0.29, 0.717) is 13.0 Å². The number of rotatable bonds is 6. The van der Waals surface area contributed by atoms with Gasteiger partial charge >= 0.3 is 0 Å². The number of piperidine rings is 1. The number of fused-ring (bicyclic) bond motifs is 1. The molecule has 0 aromatic carbocycles. The monoisotopic (exact) mass is 235 g/mol. The smallest absolute Gasteiger partial charge is 0.233 e. The maximum Gasteiger partial charge on any atom is 0.233 e. The maximum absolute atomic E-state index is 11.7. The van der Waals surface area contributed by atoms with E-state index < -0.39 is 0 Å². The van der Waals surface area contributed by atoms with Crippen LogP contribution in [0.15, 0.2) is 0 Å². The van der Waals surface area contributed by atoms with Crippen molar-refractivity contribution in [2.45, 2.75) is 32.2 Å². The Kier molecular flexibility index (Phi) is 3.43. The largest absolute Gasteiger partial charge is 0.302 e. The lowest BCUT2D eigenvalue weighted by atomic mass is 10.2. The summed E-state index contributed by atoms with van der Waals surface area (Å²) in [6.45, 7) is 3.19. The highest BCUT2D eigenvalue weighted by atomic mass is 16.2. The van der Waals surface area contributed by atoms with E-state index in [9.17, 15) is 9.59 Å². The van der Waals surface area contributed by atoms with Crippen molar-refractivity contribution in [1.29, 1.82) is 5.26 Å². The third kappa shape index (κ3) is 2.32. The van der Waals surface area contributed by atoms with Gasteiger partial charge < -0.3 is 5.32 Å².